The van der Waals surface area contributed by atoms with E-state index < -0.39 is 0 Å². The van der Waals surface area contributed by atoms with E-state index in [1.807, 2.05) is 12.1 Å². The Labute approximate surface area is 138 Å². The smallest absolute Gasteiger partial charge is 0.258 e. The average Bonchev–Trinajstić information content (AvgIpc) is 2.47. The molecule has 0 aromatic heterocycles. The Morgan fingerprint density at radius 2 is 1.57 bits per heavy atom. The van der Waals surface area contributed by atoms with Crippen molar-refractivity contribution in [3.05, 3.63) is 29.3 Å². The molecule has 23 heavy (non-hydrogen) atoms. The van der Waals surface area contributed by atoms with Crippen molar-refractivity contribution < 1.29 is 9.53 Å². The molecule has 3 heteroatoms. The van der Waals surface area contributed by atoms with Crippen LogP contribution >= 0.6 is 0 Å². The van der Waals surface area contributed by atoms with Gasteiger partial charge in [-0.25, -0.2) is 0 Å². The minimum absolute atomic E-state index is 0.0432. The van der Waals surface area contributed by atoms with Gasteiger partial charge in [-0.2, -0.15) is 0 Å². The molecule has 1 N–H and O–H groups in total. The summed E-state index contributed by atoms with van der Waals surface area (Å²) in [5, 5.41) is 3.30. The van der Waals surface area contributed by atoms with Crippen molar-refractivity contribution >= 4 is 5.91 Å². The number of benzene rings is 1. The third-order valence-electron chi connectivity index (χ3n) is 6.12. The first kappa shape index (κ1) is 15.0. The molecule has 0 saturated heterocycles. The molecule has 0 spiro atoms. The third-order valence-corrected chi connectivity index (χ3v) is 6.12. The fraction of sp³-hybridized carbons (Fsp3) is 0.650. The van der Waals surface area contributed by atoms with Crippen molar-refractivity contribution in [2.24, 2.45) is 23.7 Å². The van der Waals surface area contributed by atoms with Gasteiger partial charge in [-0.3, -0.25) is 4.79 Å². The van der Waals surface area contributed by atoms with Crippen molar-refractivity contribution in [2.45, 2.75) is 52.0 Å². The molecule has 0 radical (unpaired) electrons. The standard InChI is InChI=1S/C20H27NO2/c1-12-3-13(2)5-18(4-12)23-11-19(22)21-20-16-7-14-6-15(9-16)10-17(20)8-14/h3-5,14-17,20H,6-11H2,1-2H3,(H,21,22). The Hall–Kier alpha value is -1.51. The van der Waals surface area contributed by atoms with Crippen molar-refractivity contribution in [2.75, 3.05) is 6.61 Å². The summed E-state index contributed by atoms with van der Waals surface area (Å²) in [6, 6.07) is 6.49. The fourth-order valence-electron chi connectivity index (χ4n) is 5.55. The molecule has 3 nitrogen and oxygen atoms in total. The van der Waals surface area contributed by atoms with Gasteiger partial charge < -0.3 is 10.1 Å². The van der Waals surface area contributed by atoms with Crippen molar-refractivity contribution in [1.29, 1.82) is 0 Å². The lowest BCUT2D eigenvalue weighted by Crippen LogP contribution is -2.56. The molecule has 4 saturated carbocycles. The predicted octanol–water partition coefficient (Wildman–Crippen LogP) is 3.62. The van der Waals surface area contributed by atoms with Gasteiger partial charge in [0.25, 0.3) is 5.91 Å². The Kier molecular flexibility index (Phi) is 3.82. The number of rotatable bonds is 4. The fourth-order valence-corrected chi connectivity index (χ4v) is 5.55. The molecule has 5 rings (SSSR count). The van der Waals surface area contributed by atoms with E-state index in [-0.39, 0.29) is 12.5 Å². The Morgan fingerprint density at radius 3 is 2.13 bits per heavy atom. The molecule has 124 valence electrons. The van der Waals surface area contributed by atoms with Crippen LogP contribution in [0.25, 0.3) is 0 Å². The second-order valence-corrected chi connectivity index (χ2v) is 8.14. The number of carbonyl (C=O) groups excluding carboxylic acids is 1. The maximum Gasteiger partial charge on any atom is 0.258 e. The highest BCUT2D eigenvalue weighted by atomic mass is 16.5. The van der Waals surface area contributed by atoms with Gasteiger partial charge in [0.05, 0.1) is 0 Å². The van der Waals surface area contributed by atoms with E-state index in [0.717, 1.165) is 29.4 Å². The van der Waals surface area contributed by atoms with Crippen molar-refractivity contribution in [1.82, 2.24) is 5.32 Å². The van der Waals surface area contributed by atoms with E-state index in [1.165, 1.54) is 43.2 Å². The van der Waals surface area contributed by atoms with Gasteiger partial charge in [-0.1, -0.05) is 6.07 Å². The normalized spacial score (nSPS) is 34.4. The monoisotopic (exact) mass is 313 g/mol. The largest absolute Gasteiger partial charge is 0.484 e. The zero-order valence-corrected chi connectivity index (χ0v) is 14.2. The van der Waals surface area contributed by atoms with Crippen LogP contribution in [-0.2, 0) is 4.79 Å². The number of nitrogens with one attached hydrogen (secondary N) is 1. The molecule has 0 atom stereocenters. The number of hydrogen-bond acceptors (Lipinski definition) is 2. The van der Waals surface area contributed by atoms with Gasteiger partial charge >= 0.3 is 0 Å². The summed E-state index contributed by atoms with van der Waals surface area (Å²) < 4.78 is 5.71. The zero-order chi connectivity index (χ0) is 16.0. The molecule has 1 aromatic rings. The van der Waals surface area contributed by atoms with Gasteiger partial charge in [-0.15, -0.1) is 0 Å². The summed E-state index contributed by atoms with van der Waals surface area (Å²) in [6.45, 7) is 4.23. The Morgan fingerprint density at radius 1 is 1.00 bits per heavy atom. The lowest BCUT2D eigenvalue weighted by molar-refractivity contribution is -0.127. The number of carbonyl (C=O) groups is 1. The maximum atomic E-state index is 12.3. The van der Waals surface area contributed by atoms with Gasteiger partial charge in [0.2, 0.25) is 0 Å². The van der Waals surface area contributed by atoms with Crippen LogP contribution in [0.15, 0.2) is 18.2 Å². The van der Waals surface area contributed by atoms with Crippen LogP contribution in [0.4, 0.5) is 0 Å². The summed E-state index contributed by atoms with van der Waals surface area (Å²) in [7, 11) is 0. The van der Waals surface area contributed by atoms with Gasteiger partial charge in [-0.05, 0) is 92.9 Å². The van der Waals surface area contributed by atoms with Gasteiger partial charge in [0.1, 0.15) is 5.75 Å². The number of hydrogen-bond donors (Lipinski definition) is 1. The highest BCUT2D eigenvalue weighted by molar-refractivity contribution is 5.78. The van der Waals surface area contributed by atoms with E-state index in [4.69, 9.17) is 4.74 Å². The molecule has 1 aromatic carbocycles. The van der Waals surface area contributed by atoms with E-state index in [0.29, 0.717) is 6.04 Å². The van der Waals surface area contributed by atoms with Gasteiger partial charge in [0, 0.05) is 6.04 Å². The summed E-state index contributed by atoms with van der Waals surface area (Å²) >= 11 is 0. The third kappa shape index (κ3) is 3.11. The summed E-state index contributed by atoms with van der Waals surface area (Å²) in [5.74, 6) is 4.16. The molecular formula is C20H27NO2. The summed E-state index contributed by atoms with van der Waals surface area (Å²) in [4.78, 5) is 12.3. The second-order valence-electron chi connectivity index (χ2n) is 8.14. The molecule has 0 heterocycles. The van der Waals surface area contributed by atoms with Crippen LogP contribution in [0.3, 0.4) is 0 Å². The molecule has 0 aliphatic heterocycles. The Bertz CT molecular complexity index is 561. The number of aryl methyl sites for hydroxylation is 2. The minimum atomic E-state index is 0.0432. The summed E-state index contributed by atoms with van der Waals surface area (Å²) in [5.41, 5.74) is 2.34. The molecule has 4 aliphatic carbocycles. The topological polar surface area (TPSA) is 38.3 Å². The molecular weight excluding hydrogens is 286 g/mol. The first-order valence-corrected chi connectivity index (χ1v) is 9.07. The van der Waals surface area contributed by atoms with Gasteiger partial charge in [0.15, 0.2) is 6.61 Å². The predicted molar refractivity (Wildman–Crippen MR) is 90.4 cm³/mol. The van der Waals surface area contributed by atoms with E-state index in [1.54, 1.807) is 0 Å². The number of amides is 1. The van der Waals surface area contributed by atoms with Crippen molar-refractivity contribution in [3.8, 4) is 5.75 Å². The minimum Gasteiger partial charge on any atom is -0.484 e. The molecule has 0 unspecified atom stereocenters. The second kappa shape index (κ2) is 5.85. The quantitative estimate of drug-likeness (QED) is 0.922. The number of ether oxygens (including phenoxy) is 1. The van der Waals surface area contributed by atoms with Crippen LogP contribution in [0.1, 0.15) is 43.2 Å². The summed E-state index contributed by atoms with van der Waals surface area (Å²) in [6.07, 6.45) is 6.76. The average molecular weight is 313 g/mol. The highest BCUT2D eigenvalue weighted by Crippen LogP contribution is 2.53. The first-order chi connectivity index (χ1) is 11.1. The lowest BCUT2D eigenvalue weighted by atomic mass is 9.54. The van der Waals surface area contributed by atoms with Crippen LogP contribution in [0.2, 0.25) is 0 Å². The molecule has 4 bridgehead atoms. The first-order valence-electron chi connectivity index (χ1n) is 9.07. The van der Waals surface area contributed by atoms with Crippen LogP contribution in [-0.4, -0.2) is 18.6 Å². The SMILES string of the molecule is Cc1cc(C)cc(OCC(=O)NC2C3CC4CC(C3)CC2C4)c1. The van der Waals surface area contributed by atoms with E-state index >= 15 is 0 Å². The molecule has 4 aliphatic rings. The van der Waals surface area contributed by atoms with Crippen LogP contribution < -0.4 is 10.1 Å². The van der Waals surface area contributed by atoms with E-state index in [9.17, 15) is 4.79 Å². The highest BCUT2D eigenvalue weighted by Gasteiger charge is 2.48. The van der Waals surface area contributed by atoms with E-state index in [2.05, 4.69) is 25.2 Å². The maximum absolute atomic E-state index is 12.3. The van der Waals surface area contributed by atoms with Crippen LogP contribution in [0.5, 0.6) is 5.75 Å². The lowest BCUT2D eigenvalue weighted by Gasteiger charge is -2.54. The van der Waals surface area contributed by atoms with Crippen LogP contribution in [0, 0.1) is 37.5 Å². The van der Waals surface area contributed by atoms with Crippen molar-refractivity contribution in [3.63, 3.8) is 0 Å². The Balaban J connectivity index is 1.33. The molecule has 1 amide bonds. The molecule has 4 fully saturated rings. The zero-order valence-electron chi connectivity index (χ0n) is 14.2.